The zero-order chi connectivity index (χ0) is 17.8. The summed E-state index contributed by atoms with van der Waals surface area (Å²) in [5.74, 6) is 2.45. The smallest absolute Gasteiger partial charge is 0.226 e. The van der Waals surface area contributed by atoms with Crippen molar-refractivity contribution in [2.45, 2.75) is 49.4 Å². The Morgan fingerprint density at radius 2 is 2.08 bits per heavy atom. The molecular formula is C20H23BrN4O. The van der Waals surface area contributed by atoms with Gasteiger partial charge in [-0.2, -0.15) is 5.10 Å². The van der Waals surface area contributed by atoms with Gasteiger partial charge in [-0.05, 0) is 74.1 Å². The minimum atomic E-state index is -0.161. The summed E-state index contributed by atoms with van der Waals surface area (Å²) in [6.45, 7) is 0.544. The van der Waals surface area contributed by atoms with Crippen molar-refractivity contribution >= 4 is 21.8 Å². The molecule has 2 aromatic heterocycles. The second-order valence-electron chi connectivity index (χ2n) is 8.55. The van der Waals surface area contributed by atoms with E-state index in [0.717, 1.165) is 30.6 Å². The van der Waals surface area contributed by atoms with Gasteiger partial charge in [0, 0.05) is 29.5 Å². The maximum Gasteiger partial charge on any atom is 0.226 e. The molecular weight excluding hydrogens is 392 g/mol. The van der Waals surface area contributed by atoms with Gasteiger partial charge >= 0.3 is 0 Å². The van der Waals surface area contributed by atoms with E-state index in [1.54, 1.807) is 17.1 Å². The highest BCUT2D eigenvalue weighted by Gasteiger charge is 2.59. The lowest BCUT2D eigenvalue weighted by molar-refractivity contribution is -0.144. The molecule has 4 saturated carbocycles. The first-order valence-corrected chi connectivity index (χ1v) is 10.3. The third-order valence-electron chi connectivity index (χ3n) is 6.47. The minimum absolute atomic E-state index is 0.161. The van der Waals surface area contributed by atoms with Gasteiger partial charge in [-0.15, -0.1) is 0 Å². The molecule has 4 fully saturated rings. The van der Waals surface area contributed by atoms with Crippen molar-refractivity contribution in [2.75, 3.05) is 0 Å². The summed E-state index contributed by atoms with van der Waals surface area (Å²) in [5, 5.41) is 7.45. The predicted molar refractivity (Wildman–Crippen MR) is 102 cm³/mol. The third kappa shape index (κ3) is 2.79. The molecule has 136 valence electrons. The highest BCUT2D eigenvalue weighted by atomic mass is 79.9. The largest absolute Gasteiger partial charge is 0.352 e. The summed E-state index contributed by atoms with van der Waals surface area (Å²) in [6, 6.07) is 5.82. The molecule has 6 heteroatoms. The molecule has 6 rings (SSSR count). The van der Waals surface area contributed by atoms with Crippen molar-refractivity contribution < 1.29 is 4.79 Å². The van der Waals surface area contributed by atoms with Crippen LogP contribution in [0.5, 0.6) is 0 Å². The minimum Gasteiger partial charge on any atom is -0.352 e. The number of halogens is 1. The first-order chi connectivity index (χ1) is 12.5. The van der Waals surface area contributed by atoms with E-state index in [4.69, 9.17) is 0 Å². The van der Waals surface area contributed by atoms with E-state index in [1.807, 2.05) is 24.4 Å². The van der Waals surface area contributed by atoms with Gasteiger partial charge in [-0.3, -0.25) is 4.79 Å². The van der Waals surface area contributed by atoms with Gasteiger partial charge in [0.05, 0.1) is 5.41 Å². The summed E-state index contributed by atoms with van der Waals surface area (Å²) in [4.78, 5) is 17.5. The van der Waals surface area contributed by atoms with E-state index in [9.17, 15) is 4.79 Å². The quantitative estimate of drug-likeness (QED) is 0.777. The molecule has 2 atom stereocenters. The first kappa shape index (κ1) is 16.5. The van der Waals surface area contributed by atoms with Crippen LogP contribution in [0.3, 0.4) is 0 Å². The fraction of sp³-hybridized carbons (Fsp3) is 0.550. The Balaban J connectivity index is 1.30. The van der Waals surface area contributed by atoms with Crippen LogP contribution in [0.2, 0.25) is 0 Å². The number of carbonyl (C=O) groups excluding carboxylic acids is 1. The number of pyridine rings is 1. The van der Waals surface area contributed by atoms with Gasteiger partial charge in [-0.25, -0.2) is 9.67 Å². The second kappa shape index (κ2) is 5.91. The van der Waals surface area contributed by atoms with Crippen LogP contribution in [0.4, 0.5) is 0 Å². The highest BCUT2D eigenvalue weighted by Crippen LogP contribution is 2.64. The maximum atomic E-state index is 13.2. The first-order valence-electron chi connectivity index (χ1n) is 9.46. The van der Waals surface area contributed by atoms with Crippen LogP contribution in [0.1, 0.15) is 44.1 Å². The molecule has 4 aliphatic rings. The number of aromatic nitrogens is 3. The zero-order valence-corrected chi connectivity index (χ0v) is 16.3. The van der Waals surface area contributed by atoms with Gasteiger partial charge < -0.3 is 5.32 Å². The summed E-state index contributed by atoms with van der Waals surface area (Å²) in [5.41, 5.74) is 0.892. The Bertz CT molecular complexity index is 820. The Hall–Kier alpha value is -1.69. The molecule has 5 nitrogen and oxygen atoms in total. The molecule has 2 heterocycles. The van der Waals surface area contributed by atoms with Gasteiger partial charge in [0.15, 0.2) is 5.82 Å². The maximum absolute atomic E-state index is 13.2. The van der Waals surface area contributed by atoms with E-state index >= 15 is 0 Å². The SMILES string of the molecule is O=C(NCc1ccnc(-n2cccn2)c1)C12CC3CC(CC(Br)(C3)C1)C2. The monoisotopic (exact) mass is 414 g/mol. The summed E-state index contributed by atoms with van der Waals surface area (Å²) >= 11 is 3.99. The molecule has 0 aliphatic heterocycles. The molecule has 26 heavy (non-hydrogen) atoms. The van der Waals surface area contributed by atoms with Crippen LogP contribution in [0.15, 0.2) is 36.8 Å². The standard InChI is InChI=1S/C20H23BrN4O/c21-20-10-15-6-16(11-20)9-19(8-15,13-20)18(26)23-12-14-2-4-22-17(7-14)25-5-1-3-24-25/h1-5,7,15-16H,6,8-13H2,(H,23,26). The lowest BCUT2D eigenvalue weighted by atomic mass is 9.49. The Kier molecular flexibility index (Phi) is 3.75. The van der Waals surface area contributed by atoms with E-state index in [2.05, 4.69) is 31.3 Å². The lowest BCUT2D eigenvalue weighted by Crippen LogP contribution is -2.58. The molecule has 0 radical (unpaired) electrons. The normalized spacial score (nSPS) is 34.8. The summed E-state index contributed by atoms with van der Waals surface area (Å²) in [6.07, 6.45) is 12.3. The van der Waals surface area contributed by atoms with Gasteiger partial charge in [0.2, 0.25) is 5.91 Å². The second-order valence-corrected chi connectivity index (χ2v) is 10.2. The number of nitrogens with one attached hydrogen (secondary N) is 1. The van der Waals surface area contributed by atoms with Crippen LogP contribution < -0.4 is 5.32 Å². The van der Waals surface area contributed by atoms with Crippen molar-refractivity contribution in [3.63, 3.8) is 0 Å². The zero-order valence-electron chi connectivity index (χ0n) is 14.7. The van der Waals surface area contributed by atoms with Gasteiger partial charge in [0.25, 0.3) is 0 Å². The fourth-order valence-electron chi connectivity index (χ4n) is 5.89. The van der Waals surface area contributed by atoms with Crippen molar-refractivity contribution in [2.24, 2.45) is 17.3 Å². The average Bonchev–Trinajstić information content (AvgIpc) is 3.12. The number of rotatable bonds is 4. The van der Waals surface area contributed by atoms with Crippen molar-refractivity contribution in [3.8, 4) is 5.82 Å². The van der Waals surface area contributed by atoms with Crippen molar-refractivity contribution in [1.82, 2.24) is 20.1 Å². The Labute approximate surface area is 161 Å². The van der Waals surface area contributed by atoms with Gasteiger partial charge in [0.1, 0.15) is 0 Å². The third-order valence-corrected chi connectivity index (χ3v) is 7.40. The summed E-state index contributed by atoms with van der Waals surface area (Å²) in [7, 11) is 0. The number of alkyl halides is 1. The molecule has 2 unspecified atom stereocenters. The Morgan fingerprint density at radius 3 is 2.77 bits per heavy atom. The molecule has 4 bridgehead atoms. The lowest BCUT2D eigenvalue weighted by Gasteiger charge is -2.59. The average molecular weight is 415 g/mol. The molecule has 0 spiro atoms. The molecule has 1 N–H and O–H groups in total. The highest BCUT2D eigenvalue weighted by molar-refractivity contribution is 9.10. The van der Waals surface area contributed by atoms with E-state index in [1.165, 1.54) is 19.3 Å². The number of carbonyl (C=O) groups is 1. The molecule has 2 aromatic rings. The van der Waals surface area contributed by atoms with Crippen molar-refractivity contribution in [1.29, 1.82) is 0 Å². The van der Waals surface area contributed by atoms with Crippen LogP contribution >= 0.6 is 15.9 Å². The Morgan fingerprint density at radius 1 is 1.27 bits per heavy atom. The number of amides is 1. The number of hydrogen-bond donors (Lipinski definition) is 1. The summed E-state index contributed by atoms with van der Waals surface area (Å²) < 4.78 is 1.94. The van der Waals surface area contributed by atoms with E-state index in [0.29, 0.717) is 18.4 Å². The van der Waals surface area contributed by atoms with Crippen molar-refractivity contribution in [3.05, 3.63) is 42.4 Å². The van der Waals surface area contributed by atoms with Gasteiger partial charge in [-0.1, -0.05) is 15.9 Å². The van der Waals surface area contributed by atoms with Crippen LogP contribution in [0.25, 0.3) is 5.82 Å². The number of nitrogens with zero attached hydrogens (tertiary/aromatic N) is 3. The molecule has 1 amide bonds. The van der Waals surface area contributed by atoms with Crippen LogP contribution in [-0.4, -0.2) is 25.0 Å². The van der Waals surface area contributed by atoms with E-state index < -0.39 is 0 Å². The molecule has 4 aliphatic carbocycles. The molecule has 0 aromatic carbocycles. The predicted octanol–water partition coefficient (Wildman–Crippen LogP) is 3.62. The van der Waals surface area contributed by atoms with Crippen LogP contribution in [-0.2, 0) is 11.3 Å². The van der Waals surface area contributed by atoms with E-state index in [-0.39, 0.29) is 15.6 Å². The van der Waals surface area contributed by atoms with Crippen LogP contribution in [0, 0.1) is 17.3 Å². The number of hydrogen-bond acceptors (Lipinski definition) is 3. The topological polar surface area (TPSA) is 59.8 Å². The fourth-order valence-corrected chi connectivity index (χ4v) is 7.34. The molecule has 0 saturated heterocycles.